The van der Waals surface area contributed by atoms with Gasteiger partial charge < -0.3 is 16.0 Å². The molecular weight excluding hydrogens is 350 g/mol. The van der Waals surface area contributed by atoms with Gasteiger partial charge in [-0.2, -0.15) is 0 Å². The molecule has 0 aromatic heterocycles. The molecule has 0 saturated heterocycles. The molecular formula is C24H49NO3. The van der Waals surface area contributed by atoms with Crippen molar-refractivity contribution >= 4 is 5.97 Å². The van der Waals surface area contributed by atoms with Crippen LogP contribution in [0.1, 0.15) is 117 Å². The van der Waals surface area contributed by atoms with Gasteiger partial charge in [0.05, 0.1) is 12.0 Å². The Balaban J connectivity index is 0. The van der Waals surface area contributed by atoms with Crippen LogP contribution in [-0.2, 0) is 9.53 Å². The number of allylic oxidation sites excluding steroid dienone is 2. The molecule has 0 aliphatic heterocycles. The minimum Gasteiger partial charge on any atom is -0.463 e. The number of esters is 1. The number of hydrogen-bond donors (Lipinski definition) is 2. The predicted octanol–water partition coefficient (Wildman–Crippen LogP) is 7.14. The Bertz CT molecular complexity index is 367. The van der Waals surface area contributed by atoms with Crippen LogP contribution in [0.4, 0.5) is 0 Å². The lowest BCUT2D eigenvalue weighted by Gasteiger charge is -2.22. The predicted molar refractivity (Wildman–Crippen MR) is 121 cm³/mol. The molecule has 0 rings (SSSR count). The fraction of sp³-hybridized carbons (Fsp3) is 0.875. The summed E-state index contributed by atoms with van der Waals surface area (Å²) in [5.74, 6) is -0.190. The molecule has 0 atom stereocenters. The number of rotatable bonds is 19. The van der Waals surface area contributed by atoms with Crippen LogP contribution in [0.3, 0.4) is 0 Å². The highest BCUT2D eigenvalue weighted by molar-refractivity contribution is 5.75. The van der Waals surface area contributed by atoms with Crippen molar-refractivity contribution in [3.05, 3.63) is 12.2 Å². The minimum absolute atomic E-state index is 0. The van der Waals surface area contributed by atoms with Crippen molar-refractivity contribution in [1.29, 1.82) is 0 Å². The van der Waals surface area contributed by atoms with E-state index in [0.29, 0.717) is 0 Å². The SMILES string of the molecule is CCCCCCCC/C=C\CCCCCCCCC(C)(C)C(=O)OCCO.N. The van der Waals surface area contributed by atoms with Crippen molar-refractivity contribution in [2.75, 3.05) is 13.2 Å². The van der Waals surface area contributed by atoms with Gasteiger partial charge in [0.2, 0.25) is 0 Å². The zero-order valence-corrected chi connectivity index (χ0v) is 19.1. The Morgan fingerprint density at radius 3 is 1.79 bits per heavy atom. The molecule has 0 radical (unpaired) electrons. The molecule has 0 heterocycles. The van der Waals surface area contributed by atoms with Gasteiger partial charge in [-0.15, -0.1) is 0 Å². The number of aliphatic hydroxyl groups excluding tert-OH is 1. The summed E-state index contributed by atoms with van der Waals surface area (Å²) >= 11 is 0. The van der Waals surface area contributed by atoms with E-state index in [9.17, 15) is 4.79 Å². The van der Waals surface area contributed by atoms with Gasteiger partial charge in [-0.05, 0) is 46.0 Å². The molecule has 0 fully saturated rings. The zero-order valence-electron chi connectivity index (χ0n) is 19.1. The minimum atomic E-state index is -0.435. The van der Waals surface area contributed by atoms with Crippen LogP contribution < -0.4 is 6.15 Å². The Labute approximate surface area is 175 Å². The summed E-state index contributed by atoms with van der Waals surface area (Å²) in [4.78, 5) is 11.9. The Kier molecular flexibility index (Phi) is 21.8. The molecule has 0 bridgehead atoms. The van der Waals surface area contributed by atoms with Gasteiger partial charge in [-0.25, -0.2) is 0 Å². The van der Waals surface area contributed by atoms with Crippen molar-refractivity contribution in [2.45, 2.75) is 117 Å². The number of hydrogen-bond acceptors (Lipinski definition) is 4. The molecule has 0 unspecified atom stereocenters. The molecule has 0 spiro atoms. The molecule has 0 aromatic rings. The Hall–Kier alpha value is -0.870. The molecule has 4 heteroatoms. The lowest BCUT2D eigenvalue weighted by atomic mass is 9.87. The molecule has 0 amide bonds. The van der Waals surface area contributed by atoms with Gasteiger partial charge in [-0.3, -0.25) is 4.79 Å². The summed E-state index contributed by atoms with van der Waals surface area (Å²) in [6.45, 7) is 6.14. The second-order valence-electron chi connectivity index (χ2n) is 8.43. The number of aliphatic hydroxyl groups is 1. The van der Waals surface area contributed by atoms with E-state index in [1.807, 2.05) is 13.8 Å². The number of carbonyl (C=O) groups is 1. The van der Waals surface area contributed by atoms with Crippen molar-refractivity contribution in [2.24, 2.45) is 5.41 Å². The maximum absolute atomic E-state index is 11.9. The monoisotopic (exact) mass is 399 g/mol. The summed E-state index contributed by atoms with van der Waals surface area (Å²) in [5, 5.41) is 8.72. The van der Waals surface area contributed by atoms with Crippen molar-refractivity contribution in [3.63, 3.8) is 0 Å². The summed E-state index contributed by atoms with van der Waals surface area (Å²) < 4.78 is 5.04. The molecule has 0 aliphatic carbocycles. The Morgan fingerprint density at radius 1 is 0.821 bits per heavy atom. The van der Waals surface area contributed by atoms with Crippen molar-refractivity contribution < 1.29 is 14.6 Å². The third-order valence-corrected chi connectivity index (χ3v) is 5.19. The summed E-state index contributed by atoms with van der Waals surface area (Å²) in [7, 11) is 0. The second-order valence-corrected chi connectivity index (χ2v) is 8.43. The van der Waals surface area contributed by atoms with Gasteiger partial charge in [-0.1, -0.05) is 83.3 Å². The first-order valence-electron chi connectivity index (χ1n) is 11.5. The highest BCUT2D eigenvalue weighted by Crippen LogP contribution is 2.25. The molecule has 4 N–H and O–H groups in total. The van der Waals surface area contributed by atoms with E-state index in [0.717, 1.165) is 12.8 Å². The zero-order chi connectivity index (χ0) is 20.2. The highest BCUT2D eigenvalue weighted by atomic mass is 16.5. The van der Waals surface area contributed by atoms with Crippen LogP contribution in [0.5, 0.6) is 0 Å². The standard InChI is InChI=1S/C24H46O3.H3N/c1-4-5-6-7-8-9-10-11-12-13-14-15-16-17-18-19-20-24(2,3)23(26)27-22-21-25;/h11-12,25H,4-10,13-22H2,1-3H3;1H3/b12-11-;. The van der Waals surface area contributed by atoms with Gasteiger partial charge in [0.15, 0.2) is 0 Å². The van der Waals surface area contributed by atoms with Crippen LogP contribution in [0.25, 0.3) is 0 Å². The van der Waals surface area contributed by atoms with Crippen LogP contribution in [0.15, 0.2) is 12.2 Å². The second kappa shape index (κ2) is 20.9. The largest absolute Gasteiger partial charge is 0.463 e. The maximum Gasteiger partial charge on any atom is 0.311 e. The normalized spacial score (nSPS) is 11.6. The van der Waals surface area contributed by atoms with Crippen molar-refractivity contribution in [1.82, 2.24) is 6.15 Å². The van der Waals surface area contributed by atoms with E-state index in [4.69, 9.17) is 9.84 Å². The van der Waals surface area contributed by atoms with Crippen LogP contribution in [-0.4, -0.2) is 24.3 Å². The molecule has 0 aromatic carbocycles. The fourth-order valence-corrected chi connectivity index (χ4v) is 3.25. The van der Waals surface area contributed by atoms with E-state index < -0.39 is 5.41 Å². The van der Waals surface area contributed by atoms with Crippen LogP contribution >= 0.6 is 0 Å². The third-order valence-electron chi connectivity index (χ3n) is 5.19. The average Bonchev–Trinajstić information content (AvgIpc) is 2.65. The molecule has 4 nitrogen and oxygen atoms in total. The topological polar surface area (TPSA) is 81.5 Å². The molecule has 0 aliphatic rings. The first-order valence-corrected chi connectivity index (χ1v) is 11.5. The van der Waals surface area contributed by atoms with E-state index >= 15 is 0 Å². The van der Waals surface area contributed by atoms with Gasteiger partial charge >= 0.3 is 5.97 Å². The number of unbranched alkanes of at least 4 members (excludes halogenated alkanes) is 12. The average molecular weight is 400 g/mol. The molecule has 0 saturated carbocycles. The maximum atomic E-state index is 11.9. The number of ether oxygens (including phenoxy) is 1. The lowest BCUT2D eigenvalue weighted by molar-refractivity contribution is -0.155. The molecule has 28 heavy (non-hydrogen) atoms. The van der Waals surface area contributed by atoms with Gasteiger partial charge in [0, 0.05) is 0 Å². The molecule has 168 valence electrons. The lowest BCUT2D eigenvalue weighted by Crippen LogP contribution is -2.27. The Morgan fingerprint density at radius 2 is 1.29 bits per heavy atom. The highest BCUT2D eigenvalue weighted by Gasteiger charge is 2.28. The van der Waals surface area contributed by atoms with Gasteiger partial charge in [0.1, 0.15) is 6.61 Å². The first-order chi connectivity index (χ1) is 13.0. The van der Waals surface area contributed by atoms with Crippen LogP contribution in [0, 0.1) is 5.41 Å². The van der Waals surface area contributed by atoms with Crippen LogP contribution in [0.2, 0.25) is 0 Å². The van der Waals surface area contributed by atoms with E-state index in [-0.39, 0.29) is 25.3 Å². The van der Waals surface area contributed by atoms with E-state index in [1.165, 1.54) is 83.5 Å². The number of carbonyl (C=O) groups excluding carboxylic acids is 1. The van der Waals surface area contributed by atoms with E-state index in [2.05, 4.69) is 19.1 Å². The van der Waals surface area contributed by atoms with Crippen molar-refractivity contribution in [3.8, 4) is 0 Å². The van der Waals surface area contributed by atoms with Gasteiger partial charge in [0.25, 0.3) is 0 Å². The quantitative estimate of drug-likeness (QED) is 0.137. The summed E-state index contributed by atoms with van der Waals surface area (Å²) in [5.41, 5.74) is -0.435. The smallest absolute Gasteiger partial charge is 0.311 e. The fourth-order valence-electron chi connectivity index (χ4n) is 3.25. The van der Waals surface area contributed by atoms with E-state index in [1.54, 1.807) is 0 Å². The summed E-state index contributed by atoms with van der Waals surface area (Å²) in [6.07, 6.45) is 23.8. The third kappa shape index (κ3) is 18.5. The first kappa shape index (κ1) is 29.3. The summed E-state index contributed by atoms with van der Waals surface area (Å²) in [6, 6.07) is 0.